The van der Waals surface area contributed by atoms with Gasteiger partial charge < -0.3 is 15.4 Å². The first-order valence-corrected chi connectivity index (χ1v) is 8.32. The minimum absolute atomic E-state index is 0.0157. The van der Waals surface area contributed by atoms with Gasteiger partial charge >= 0.3 is 6.09 Å². The van der Waals surface area contributed by atoms with E-state index in [1.54, 1.807) is 4.90 Å². The maximum atomic E-state index is 12.5. The standard InChI is InChI=1S/C17H24N4O3/c1-16(2,3)24-15(23)21-8-6-17(7-9-21)5-4-10-11(17)13(22)12(18)14(19)20-10/h18H,4-9H2,1-3H3,(H2,19,20). The molecule has 0 atom stereocenters. The van der Waals surface area contributed by atoms with E-state index in [0.717, 1.165) is 12.1 Å². The molecule has 0 radical (unpaired) electrons. The van der Waals surface area contributed by atoms with E-state index < -0.39 is 5.60 Å². The zero-order valence-corrected chi connectivity index (χ0v) is 14.4. The number of amidine groups is 1. The molecule has 1 saturated heterocycles. The lowest BCUT2D eigenvalue weighted by Gasteiger charge is -2.41. The Morgan fingerprint density at radius 2 is 1.92 bits per heavy atom. The molecule has 0 aromatic rings. The number of piperidine rings is 1. The van der Waals surface area contributed by atoms with E-state index in [4.69, 9.17) is 15.9 Å². The second-order valence-corrected chi connectivity index (χ2v) is 7.77. The normalized spacial score (nSPS) is 23.5. The van der Waals surface area contributed by atoms with E-state index in [-0.39, 0.29) is 28.8 Å². The van der Waals surface area contributed by atoms with E-state index in [1.807, 2.05) is 20.8 Å². The van der Waals surface area contributed by atoms with Crippen molar-refractivity contribution in [2.75, 3.05) is 13.1 Å². The van der Waals surface area contributed by atoms with Gasteiger partial charge in [-0.1, -0.05) is 0 Å². The van der Waals surface area contributed by atoms with E-state index >= 15 is 0 Å². The molecule has 2 heterocycles. The molecule has 2 aliphatic heterocycles. The average Bonchev–Trinajstić information content (AvgIpc) is 2.82. The van der Waals surface area contributed by atoms with Crippen LogP contribution in [0.2, 0.25) is 0 Å². The number of nitrogens with zero attached hydrogens (tertiary/aromatic N) is 2. The number of Topliss-reactive ketones (excluding diaryl/α,β-unsaturated/α-hetero) is 1. The lowest BCUT2D eigenvalue weighted by molar-refractivity contribution is -0.111. The molecular formula is C17H24N4O3. The van der Waals surface area contributed by atoms with Gasteiger partial charge in [0, 0.05) is 24.1 Å². The number of fused-ring (bicyclic) bond motifs is 1. The summed E-state index contributed by atoms with van der Waals surface area (Å²) < 4.78 is 5.42. The number of carbonyl (C=O) groups is 2. The van der Waals surface area contributed by atoms with Gasteiger partial charge in [0.15, 0.2) is 5.84 Å². The number of likely N-dealkylation sites (tertiary alicyclic amines) is 1. The smallest absolute Gasteiger partial charge is 0.410 e. The number of carbonyl (C=O) groups excluding carboxylic acids is 2. The van der Waals surface area contributed by atoms with Gasteiger partial charge in [-0.15, -0.1) is 0 Å². The van der Waals surface area contributed by atoms with Crippen LogP contribution < -0.4 is 5.73 Å². The van der Waals surface area contributed by atoms with Gasteiger partial charge in [0.2, 0.25) is 5.78 Å². The van der Waals surface area contributed by atoms with Crippen molar-refractivity contribution in [2.45, 2.75) is 52.1 Å². The minimum atomic E-state index is -0.518. The van der Waals surface area contributed by atoms with Gasteiger partial charge in [0.1, 0.15) is 11.3 Å². The number of nitrogens with one attached hydrogen (secondary N) is 1. The van der Waals surface area contributed by atoms with Crippen molar-refractivity contribution >= 4 is 23.4 Å². The minimum Gasteiger partial charge on any atom is -0.444 e. The van der Waals surface area contributed by atoms with E-state index in [2.05, 4.69) is 4.99 Å². The summed E-state index contributed by atoms with van der Waals surface area (Å²) in [6.45, 7) is 6.63. The average molecular weight is 332 g/mol. The SMILES string of the molecule is CC(C)(C)OC(=O)N1CCC2(CCC3=C2C(=O)C(=N)C(N)=N3)CC1. The topological polar surface area (TPSA) is 109 Å². The fourth-order valence-corrected chi connectivity index (χ4v) is 3.78. The molecule has 0 aromatic carbocycles. The van der Waals surface area contributed by atoms with Gasteiger partial charge in [-0.25, -0.2) is 9.79 Å². The Labute approximate surface area is 141 Å². The number of allylic oxidation sites excluding steroid dienone is 2. The highest BCUT2D eigenvalue weighted by atomic mass is 16.6. The molecular weight excluding hydrogens is 308 g/mol. The molecule has 3 rings (SSSR count). The third-order valence-corrected chi connectivity index (χ3v) is 5.00. The molecule has 7 heteroatoms. The fraction of sp³-hybridized carbons (Fsp3) is 0.647. The van der Waals surface area contributed by atoms with Crippen LogP contribution in [0.4, 0.5) is 4.79 Å². The molecule has 24 heavy (non-hydrogen) atoms. The Morgan fingerprint density at radius 1 is 1.29 bits per heavy atom. The fourth-order valence-electron chi connectivity index (χ4n) is 3.78. The van der Waals surface area contributed by atoms with Gasteiger partial charge in [-0.3, -0.25) is 10.2 Å². The third-order valence-electron chi connectivity index (χ3n) is 5.00. The van der Waals surface area contributed by atoms with Crippen molar-refractivity contribution in [3.05, 3.63) is 11.3 Å². The summed E-state index contributed by atoms with van der Waals surface area (Å²) in [4.78, 5) is 30.7. The Bertz CT molecular complexity index is 676. The van der Waals surface area contributed by atoms with Gasteiger partial charge in [0.25, 0.3) is 0 Å². The predicted octanol–water partition coefficient (Wildman–Crippen LogP) is 2.01. The van der Waals surface area contributed by atoms with Crippen molar-refractivity contribution in [2.24, 2.45) is 16.1 Å². The van der Waals surface area contributed by atoms with Crippen LogP contribution in [0.15, 0.2) is 16.3 Å². The van der Waals surface area contributed by atoms with Gasteiger partial charge in [-0.2, -0.15) is 0 Å². The first-order chi connectivity index (χ1) is 11.1. The molecule has 0 unspecified atom stereocenters. The van der Waals surface area contributed by atoms with Crippen molar-refractivity contribution in [3.63, 3.8) is 0 Å². The summed E-state index contributed by atoms with van der Waals surface area (Å²) in [5, 5.41) is 7.84. The second-order valence-electron chi connectivity index (χ2n) is 7.77. The number of hydrogen-bond acceptors (Lipinski definition) is 6. The van der Waals surface area contributed by atoms with Crippen molar-refractivity contribution < 1.29 is 14.3 Å². The maximum absolute atomic E-state index is 12.5. The number of ether oxygens (including phenoxy) is 1. The lowest BCUT2D eigenvalue weighted by atomic mass is 9.71. The second kappa shape index (κ2) is 5.43. The molecule has 1 aliphatic carbocycles. The number of aliphatic imine (C=N–C) groups is 1. The summed E-state index contributed by atoms with van der Waals surface area (Å²) in [6.07, 6.45) is 2.62. The molecule has 0 bridgehead atoms. The first kappa shape index (κ1) is 16.7. The number of ketones is 1. The third kappa shape index (κ3) is 2.72. The lowest BCUT2D eigenvalue weighted by Crippen LogP contribution is -2.47. The number of amides is 1. The Balaban J connectivity index is 1.76. The highest BCUT2D eigenvalue weighted by Gasteiger charge is 2.49. The molecule has 130 valence electrons. The van der Waals surface area contributed by atoms with Crippen LogP contribution in [0.1, 0.15) is 46.5 Å². The monoisotopic (exact) mass is 332 g/mol. The van der Waals surface area contributed by atoms with Crippen LogP contribution in [0.5, 0.6) is 0 Å². The first-order valence-electron chi connectivity index (χ1n) is 8.32. The van der Waals surface area contributed by atoms with Gasteiger partial charge in [0.05, 0.1) is 5.70 Å². The molecule has 1 spiro atoms. The largest absolute Gasteiger partial charge is 0.444 e. The van der Waals surface area contributed by atoms with Crippen molar-refractivity contribution in [3.8, 4) is 0 Å². The highest BCUT2D eigenvalue weighted by Crippen LogP contribution is 2.51. The molecule has 1 fully saturated rings. The van der Waals surface area contributed by atoms with Crippen LogP contribution in [0, 0.1) is 10.8 Å². The Hall–Kier alpha value is -2.18. The molecule has 3 N–H and O–H groups in total. The van der Waals surface area contributed by atoms with Crippen molar-refractivity contribution in [1.82, 2.24) is 4.90 Å². The summed E-state index contributed by atoms with van der Waals surface area (Å²) in [5.74, 6) is -0.275. The number of nitrogens with two attached hydrogens (primary N) is 1. The van der Waals surface area contributed by atoms with Crippen LogP contribution >= 0.6 is 0 Å². The highest BCUT2D eigenvalue weighted by molar-refractivity contribution is 6.69. The van der Waals surface area contributed by atoms with Crippen LogP contribution in [-0.2, 0) is 9.53 Å². The molecule has 1 amide bonds. The molecule has 7 nitrogen and oxygen atoms in total. The number of hydrogen-bond donors (Lipinski definition) is 2. The summed E-state index contributed by atoms with van der Waals surface area (Å²) in [7, 11) is 0. The van der Waals surface area contributed by atoms with E-state index in [9.17, 15) is 9.59 Å². The van der Waals surface area contributed by atoms with E-state index in [0.29, 0.717) is 37.9 Å². The van der Waals surface area contributed by atoms with Crippen LogP contribution in [0.25, 0.3) is 0 Å². The molecule has 3 aliphatic rings. The summed E-state index contributed by atoms with van der Waals surface area (Å²) >= 11 is 0. The van der Waals surface area contributed by atoms with Crippen LogP contribution in [0.3, 0.4) is 0 Å². The van der Waals surface area contributed by atoms with Gasteiger partial charge in [-0.05, 0) is 46.5 Å². The van der Waals surface area contributed by atoms with Crippen LogP contribution in [-0.4, -0.2) is 47.0 Å². The number of rotatable bonds is 0. The Kier molecular flexibility index (Phi) is 3.77. The molecule has 0 aromatic heterocycles. The predicted molar refractivity (Wildman–Crippen MR) is 90.1 cm³/mol. The quantitative estimate of drug-likeness (QED) is 0.707. The maximum Gasteiger partial charge on any atom is 0.410 e. The summed E-state index contributed by atoms with van der Waals surface area (Å²) in [5.41, 5.74) is 6.06. The van der Waals surface area contributed by atoms with Crippen molar-refractivity contribution in [1.29, 1.82) is 5.41 Å². The Morgan fingerprint density at radius 3 is 2.50 bits per heavy atom. The zero-order valence-electron chi connectivity index (χ0n) is 14.4. The zero-order chi connectivity index (χ0) is 17.7. The summed E-state index contributed by atoms with van der Waals surface area (Å²) in [6, 6.07) is 0. The van der Waals surface area contributed by atoms with E-state index in [1.165, 1.54) is 0 Å². The molecule has 0 saturated carbocycles.